The van der Waals surface area contributed by atoms with E-state index in [0.717, 1.165) is 12.8 Å². The lowest BCUT2D eigenvalue weighted by Gasteiger charge is -2.21. The molecule has 0 heterocycles. The number of esters is 1. The molecule has 0 saturated heterocycles. The van der Waals surface area contributed by atoms with Gasteiger partial charge in [0.1, 0.15) is 5.75 Å². The summed E-state index contributed by atoms with van der Waals surface area (Å²) < 4.78 is 32.4. The smallest absolute Gasteiger partial charge is 0.343 e. The van der Waals surface area contributed by atoms with Gasteiger partial charge in [-0.1, -0.05) is 19.9 Å². The highest BCUT2D eigenvalue weighted by Crippen LogP contribution is 2.19. The molecule has 0 aliphatic rings. The van der Waals surface area contributed by atoms with Gasteiger partial charge in [-0.25, -0.2) is 13.2 Å². The molecule has 2 rings (SSSR count). The molecule has 0 spiro atoms. The monoisotopic (exact) mass is 429 g/mol. The van der Waals surface area contributed by atoms with Crippen LogP contribution in [0.2, 0.25) is 0 Å². The van der Waals surface area contributed by atoms with Crippen molar-refractivity contribution in [1.29, 1.82) is 0 Å². The first-order valence-corrected chi connectivity index (χ1v) is 11.3. The molecule has 2 aromatic rings. The van der Waals surface area contributed by atoms with Gasteiger partial charge in [0.05, 0.1) is 10.5 Å². The predicted molar refractivity (Wildman–Crippen MR) is 116 cm³/mol. The van der Waals surface area contributed by atoms with E-state index in [0.29, 0.717) is 24.4 Å². The lowest BCUT2D eigenvalue weighted by Crippen LogP contribution is -2.32. The highest BCUT2D eigenvalue weighted by molar-refractivity contribution is 7.89. The zero-order valence-electron chi connectivity index (χ0n) is 17.3. The number of nitrogens with zero attached hydrogens (tertiary/aromatic N) is 1. The fourth-order valence-corrected chi connectivity index (χ4v) is 4.51. The van der Waals surface area contributed by atoms with Gasteiger partial charge in [-0.3, -0.25) is 4.79 Å². The average Bonchev–Trinajstić information content (AvgIpc) is 2.74. The summed E-state index contributed by atoms with van der Waals surface area (Å²) in [5.41, 5.74) is 0.742. The number of benzene rings is 2. The van der Waals surface area contributed by atoms with Crippen molar-refractivity contribution in [2.75, 3.05) is 13.1 Å². The number of Topliss-reactive ketones (excluding diaryl/α,β-unsaturated/α-hetero) is 1. The van der Waals surface area contributed by atoms with Crippen molar-refractivity contribution in [3.05, 3.63) is 72.3 Å². The van der Waals surface area contributed by atoms with Crippen LogP contribution >= 0.6 is 0 Å². The van der Waals surface area contributed by atoms with E-state index in [1.165, 1.54) is 34.6 Å². The van der Waals surface area contributed by atoms with E-state index in [4.69, 9.17) is 4.74 Å². The van der Waals surface area contributed by atoms with Gasteiger partial charge in [-0.15, -0.1) is 6.58 Å². The Morgan fingerprint density at radius 2 is 1.47 bits per heavy atom. The number of ether oxygens (including phenoxy) is 1. The minimum Gasteiger partial charge on any atom is -0.423 e. The van der Waals surface area contributed by atoms with Crippen LogP contribution in [0.5, 0.6) is 5.75 Å². The zero-order valence-corrected chi connectivity index (χ0v) is 18.2. The van der Waals surface area contributed by atoms with Crippen molar-refractivity contribution in [2.24, 2.45) is 0 Å². The van der Waals surface area contributed by atoms with Gasteiger partial charge < -0.3 is 4.74 Å². The molecule has 0 bridgehead atoms. The number of sulfonamides is 1. The minimum absolute atomic E-state index is 0.0696. The van der Waals surface area contributed by atoms with Crippen LogP contribution in [-0.4, -0.2) is 37.6 Å². The van der Waals surface area contributed by atoms with Crippen LogP contribution in [-0.2, 0) is 10.0 Å². The average molecular weight is 430 g/mol. The summed E-state index contributed by atoms with van der Waals surface area (Å²) in [6.07, 6.45) is 3.22. The van der Waals surface area contributed by atoms with Gasteiger partial charge >= 0.3 is 5.97 Å². The summed E-state index contributed by atoms with van der Waals surface area (Å²) >= 11 is 0. The summed E-state index contributed by atoms with van der Waals surface area (Å²) in [7, 11) is -3.60. The maximum Gasteiger partial charge on any atom is 0.343 e. The van der Waals surface area contributed by atoms with Crippen LogP contribution in [0.25, 0.3) is 0 Å². The van der Waals surface area contributed by atoms with Crippen molar-refractivity contribution in [1.82, 2.24) is 4.31 Å². The molecule has 0 aliphatic heterocycles. The summed E-state index contributed by atoms with van der Waals surface area (Å²) in [4.78, 5) is 24.3. The lowest BCUT2D eigenvalue weighted by atomic mass is 10.1. The Labute approximate surface area is 178 Å². The summed E-state index contributed by atoms with van der Waals surface area (Å²) in [5, 5.41) is 0. The second-order valence-electron chi connectivity index (χ2n) is 6.76. The van der Waals surface area contributed by atoms with Gasteiger partial charge in [0, 0.05) is 25.1 Å². The van der Waals surface area contributed by atoms with Gasteiger partial charge in [0.15, 0.2) is 5.78 Å². The van der Waals surface area contributed by atoms with Crippen LogP contribution in [0, 0.1) is 0 Å². The topological polar surface area (TPSA) is 80.8 Å². The van der Waals surface area contributed by atoms with Crippen LogP contribution in [0.3, 0.4) is 0 Å². The fourth-order valence-electron chi connectivity index (χ4n) is 2.89. The molecule has 7 heteroatoms. The highest BCUT2D eigenvalue weighted by atomic mass is 32.2. The van der Waals surface area contributed by atoms with Crippen molar-refractivity contribution in [2.45, 2.75) is 38.0 Å². The molecule has 0 unspecified atom stereocenters. The standard InChI is InChI=1S/C23H27NO5S/c1-4-7-22(25)18-8-12-20(13-9-18)29-23(26)19-10-14-21(15-11-19)30(27,28)24(16-5-2)17-6-3/h4,8-15H,1,5-7,16-17H2,2-3H3. The van der Waals surface area contributed by atoms with E-state index in [1.54, 1.807) is 24.3 Å². The number of ketones is 1. The molecular weight excluding hydrogens is 402 g/mol. The van der Waals surface area contributed by atoms with Gasteiger partial charge in [0.2, 0.25) is 10.0 Å². The van der Waals surface area contributed by atoms with Gasteiger partial charge in [-0.05, 0) is 61.4 Å². The molecule has 0 fully saturated rings. The Hall–Kier alpha value is -2.77. The number of carbonyl (C=O) groups is 2. The summed E-state index contributed by atoms with van der Waals surface area (Å²) in [5.74, 6) is -0.383. The Kier molecular flexibility index (Phi) is 8.50. The molecule has 0 N–H and O–H groups in total. The third-order valence-corrected chi connectivity index (χ3v) is 6.30. The zero-order chi connectivity index (χ0) is 22.1. The molecule has 0 saturated carbocycles. The fraction of sp³-hybridized carbons (Fsp3) is 0.304. The minimum atomic E-state index is -3.60. The highest BCUT2D eigenvalue weighted by Gasteiger charge is 2.23. The molecule has 0 amide bonds. The number of hydrogen-bond acceptors (Lipinski definition) is 5. The third-order valence-electron chi connectivity index (χ3n) is 4.39. The number of rotatable bonds is 11. The largest absolute Gasteiger partial charge is 0.423 e. The van der Waals surface area contributed by atoms with Crippen molar-refractivity contribution >= 4 is 21.8 Å². The molecule has 0 radical (unpaired) electrons. The molecule has 2 aromatic carbocycles. The van der Waals surface area contributed by atoms with Crippen molar-refractivity contribution in [3.63, 3.8) is 0 Å². The second kappa shape index (κ2) is 10.8. The number of carbonyl (C=O) groups excluding carboxylic acids is 2. The molecular formula is C23H27NO5S. The molecule has 0 atom stereocenters. The van der Waals surface area contributed by atoms with Crippen LogP contribution in [0.4, 0.5) is 0 Å². The molecule has 0 aromatic heterocycles. The predicted octanol–water partition coefficient (Wildman–Crippen LogP) is 4.48. The van der Waals surface area contributed by atoms with Crippen molar-refractivity contribution in [3.8, 4) is 5.75 Å². The maximum absolute atomic E-state index is 12.8. The Morgan fingerprint density at radius 1 is 0.933 bits per heavy atom. The molecule has 6 nitrogen and oxygen atoms in total. The lowest BCUT2D eigenvalue weighted by molar-refractivity contribution is 0.0734. The van der Waals surface area contributed by atoms with E-state index in [9.17, 15) is 18.0 Å². The first-order chi connectivity index (χ1) is 14.3. The van der Waals surface area contributed by atoms with E-state index in [1.807, 2.05) is 13.8 Å². The van der Waals surface area contributed by atoms with E-state index >= 15 is 0 Å². The Morgan fingerprint density at radius 3 is 1.97 bits per heavy atom. The molecule has 160 valence electrons. The Bertz CT molecular complexity index is 973. The first-order valence-electron chi connectivity index (χ1n) is 9.90. The third kappa shape index (κ3) is 5.87. The first kappa shape index (κ1) is 23.5. The SMILES string of the molecule is C=CCC(=O)c1ccc(OC(=O)c2ccc(S(=O)(=O)N(CCC)CCC)cc2)cc1. The maximum atomic E-state index is 12.8. The number of allylic oxidation sites excluding steroid dienone is 1. The van der Waals surface area contributed by atoms with E-state index < -0.39 is 16.0 Å². The van der Waals surface area contributed by atoms with Crippen molar-refractivity contribution < 1.29 is 22.7 Å². The number of hydrogen-bond donors (Lipinski definition) is 0. The van der Waals surface area contributed by atoms with Crippen LogP contribution < -0.4 is 4.74 Å². The molecule has 30 heavy (non-hydrogen) atoms. The van der Waals surface area contributed by atoms with Gasteiger partial charge in [0.25, 0.3) is 0 Å². The second-order valence-corrected chi connectivity index (χ2v) is 8.70. The van der Waals surface area contributed by atoms with Crippen LogP contribution in [0.15, 0.2) is 66.1 Å². The Balaban J connectivity index is 2.11. The summed E-state index contributed by atoms with van der Waals surface area (Å²) in [6.45, 7) is 8.29. The normalized spacial score (nSPS) is 11.3. The van der Waals surface area contributed by atoms with Gasteiger partial charge in [-0.2, -0.15) is 4.31 Å². The van der Waals surface area contributed by atoms with Crippen LogP contribution in [0.1, 0.15) is 53.8 Å². The van der Waals surface area contributed by atoms with E-state index in [2.05, 4.69) is 6.58 Å². The van der Waals surface area contributed by atoms with E-state index in [-0.39, 0.29) is 22.7 Å². The summed E-state index contributed by atoms with van der Waals surface area (Å²) in [6, 6.07) is 12.0. The molecule has 0 aliphatic carbocycles. The quantitative estimate of drug-likeness (QED) is 0.228.